The molecule has 2 fully saturated rings. The maximum Gasteiger partial charge on any atom is 0.335 e. The van der Waals surface area contributed by atoms with Crippen LogP contribution in [0.1, 0.15) is 45.8 Å². The Bertz CT molecular complexity index is 2210. The van der Waals surface area contributed by atoms with E-state index in [9.17, 15) is 24.6 Å². The first-order valence-corrected chi connectivity index (χ1v) is 16.9. The fourth-order valence-electron chi connectivity index (χ4n) is 9.15. The summed E-state index contributed by atoms with van der Waals surface area (Å²) in [5.41, 5.74) is 1.21. The number of aromatic carboxylic acids is 1. The smallest absolute Gasteiger partial charge is 0.335 e. The summed E-state index contributed by atoms with van der Waals surface area (Å²) < 4.78 is 5.39. The number of methoxy groups -OCH3 is 1. The normalized spacial score (nSPS) is 26.8. The number of hydrogen-bond donors (Lipinski definition) is 2. The van der Waals surface area contributed by atoms with Crippen molar-refractivity contribution in [1.29, 1.82) is 0 Å². The van der Waals surface area contributed by atoms with Crippen molar-refractivity contribution < 1.29 is 38.9 Å². The van der Waals surface area contributed by atoms with Gasteiger partial charge in [-0.15, -0.1) is 0 Å². The largest absolute Gasteiger partial charge is 0.508 e. The molecule has 0 aromatic heterocycles. The molecule has 0 bridgehead atoms. The number of rotatable bonds is 6. The fourth-order valence-corrected chi connectivity index (χ4v) is 9.15. The van der Waals surface area contributed by atoms with Gasteiger partial charge in [-0.3, -0.25) is 24.1 Å². The number of ketones is 2. The van der Waals surface area contributed by atoms with Crippen molar-refractivity contribution in [3.63, 3.8) is 0 Å². The van der Waals surface area contributed by atoms with Crippen LogP contribution >= 0.6 is 0 Å². The summed E-state index contributed by atoms with van der Waals surface area (Å²) in [6.07, 6.45) is 3.64. The zero-order valence-corrected chi connectivity index (χ0v) is 27.6. The van der Waals surface area contributed by atoms with Gasteiger partial charge in [0.2, 0.25) is 11.8 Å². The van der Waals surface area contributed by atoms with Crippen LogP contribution in [0.3, 0.4) is 0 Å². The fraction of sp³-hybridized carbons (Fsp3) is 0.214. The Kier molecular flexibility index (Phi) is 7.59. The van der Waals surface area contributed by atoms with E-state index < -0.39 is 52.8 Å². The monoisotopic (exact) mass is 679 g/mol. The summed E-state index contributed by atoms with van der Waals surface area (Å²) in [5.74, 6) is -6.52. The molecule has 4 aromatic carbocycles. The Balaban J connectivity index is 1.35. The minimum Gasteiger partial charge on any atom is -0.508 e. The van der Waals surface area contributed by atoms with E-state index in [0.717, 1.165) is 4.90 Å². The second-order valence-corrected chi connectivity index (χ2v) is 13.6. The number of carboxylic acid groups (broad SMARTS) is 1. The highest BCUT2D eigenvalue weighted by Gasteiger charge is 2.66. The number of carboxylic acids is 1. The van der Waals surface area contributed by atoms with Crippen molar-refractivity contribution in [2.75, 3.05) is 12.0 Å². The average Bonchev–Trinajstić information content (AvgIpc) is 3.41. The number of Topliss-reactive ketones (excluding diaryl/α,β-unsaturated/α-hetero) is 1. The lowest BCUT2D eigenvalue weighted by Gasteiger charge is -2.55. The lowest BCUT2D eigenvalue weighted by Crippen LogP contribution is -2.58. The van der Waals surface area contributed by atoms with Gasteiger partial charge in [0.05, 0.1) is 35.6 Å². The Hall–Kier alpha value is -6.09. The van der Waals surface area contributed by atoms with Crippen LogP contribution in [-0.2, 0) is 24.6 Å². The number of carbonyl (C=O) groups excluding carboxylic acids is 4. The van der Waals surface area contributed by atoms with Crippen LogP contribution < -0.4 is 9.64 Å². The van der Waals surface area contributed by atoms with Crippen LogP contribution in [0.4, 0.5) is 5.69 Å². The van der Waals surface area contributed by atoms with Crippen molar-refractivity contribution >= 4 is 40.6 Å². The summed E-state index contributed by atoms with van der Waals surface area (Å²) in [6, 6.07) is 28.7. The molecule has 254 valence electrons. The van der Waals surface area contributed by atoms with E-state index >= 15 is 9.59 Å². The maximum absolute atomic E-state index is 15.1. The molecule has 0 radical (unpaired) electrons. The number of fused-ring (bicyclic) bond motifs is 4. The van der Waals surface area contributed by atoms with Gasteiger partial charge < -0.3 is 14.9 Å². The predicted octanol–water partition coefficient (Wildman–Crippen LogP) is 6.13. The quantitative estimate of drug-likeness (QED) is 0.184. The van der Waals surface area contributed by atoms with Gasteiger partial charge in [0.1, 0.15) is 11.5 Å². The lowest BCUT2D eigenvalue weighted by atomic mass is 9.44. The van der Waals surface area contributed by atoms with E-state index in [0.29, 0.717) is 28.0 Å². The predicted molar refractivity (Wildman–Crippen MR) is 187 cm³/mol. The summed E-state index contributed by atoms with van der Waals surface area (Å²) in [6.45, 7) is 0. The molecule has 51 heavy (non-hydrogen) atoms. The third-order valence-electron chi connectivity index (χ3n) is 11.3. The highest BCUT2D eigenvalue weighted by molar-refractivity contribution is 6.32. The summed E-state index contributed by atoms with van der Waals surface area (Å²) in [4.78, 5) is 71.5. The number of nitrogens with zero attached hydrogens (tertiary/aromatic N) is 1. The highest BCUT2D eigenvalue weighted by Crippen LogP contribution is 2.64. The first kappa shape index (κ1) is 32.1. The third kappa shape index (κ3) is 4.71. The molecule has 3 aliphatic carbocycles. The molecular weight excluding hydrogens is 646 g/mol. The molecule has 1 saturated heterocycles. The second kappa shape index (κ2) is 12.1. The van der Waals surface area contributed by atoms with E-state index in [4.69, 9.17) is 4.74 Å². The second-order valence-electron chi connectivity index (χ2n) is 13.6. The van der Waals surface area contributed by atoms with Crippen molar-refractivity contribution in [3.8, 4) is 11.5 Å². The first-order valence-electron chi connectivity index (χ1n) is 16.9. The Morgan fingerprint density at radius 2 is 1.57 bits per heavy atom. The van der Waals surface area contributed by atoms with Crippen LogP contribution in [0.15, 0.2) is 121 Å². The molecule has 8 rings (SSSR count). The summed E-state index contributed by atoms with van der Waals surface area (Å²) in [7, 11) is 1.48. The number of amides is 2. The third-order valence-corrected chi connectivity index (χ3v) is 11.3. The SMILES string of the molecule is COc1ccc([C@H]2C3=CC[C@@H]4C(=O)N(c5cccc(C(=O)O)c5)C(=O)[C@@H]4[C@@H]3C[C@H]3C(=O)C(c4ccccc4)=CC(=O)[C@@]23c2ccccc2)c(O)c1. The van der Waals surface area contributed by atoms with Gasteiger partial charge in [0.25, 0.3) is 0 Å². The number of allylic oxidation sites excluding steroid dienone is 4. The molecular formula is C42H33NO8. The molecule has 0 unspecified atom stereocenters. The van der Waals surface area contributed by atoms with Gasteiger partial charge in [0.15, 0.2) is 11.6 Å². The number of carbonyl (C=O) groups is 5. The number of phenolic OH excluding ortho intramolecular Hbond substituents is 1. The number of imide groups is 1. The van der Waals surface area contributed by atoms with Gasteiger partial charge in [-0.25, -0.2) is 4.79 Å². The minimum absolute atomic E-state index is 0.0614. The van der Waals surface area contributed by atoms with E-state index in [-0.39, 0.29) is 47.0 Å². The Labute approximate surface area is 293 Å². The van der Waals surface area contributed by atoms with Gasteiger partial charge in [-0.1, -0.05) is 84.4 Å². The average molecular weight is 680 g/mol. The molecule has 2 amide bonds. The van der Waals surface area contributed by atoms with Crippen LogP contribution in [0.25, 0.3) is 5.57 Å². The van der Waals surface area contributed by atoms with Crippen molar-refractivity contribution in [2.24, 2.45) is 23.7 Å². The minimum atomic E-state index is -1.49. The Morgan fingerprint density at radius 3 is 2.25 bits per heavy atom. The Morgan fingerprint density at radius 1 is 0.843 bits per heavy atom. The number of benzene rings is 4. The zero-order valence-electron chi connectivity index (χ0n) is 27.6. The molecule has 6 atom stereocenters. The van der Waals surface area contributed by atoms with Gasteiger partial charge in [-0.05, 0) is 60.2 Å². The molecule has 0 spiro atoms. The van der Waals surface area contributed by atoms with Crippen LogP contribution in [0, 0.1) is 23.7 Å². The molecule has 1 aliphatic heterocycles. The van der Waals surface area contributed by atoms with Gasteiger partial charge in [0, 0.05) is 29.0 Å². The number of anilines is 1. The zero-order chi connectivity index (χ0) is 35.6. The molecule has 4 aromatic rings. The number of aromatic hydroxyl groups is 1. The first-order chi connectivity index (χ1) is 24.7. The highest BCUT2D eigenvalue weighted by atomic mass is 16.5. The van der Waals surface area contributed by atoms with Gasteiger partial charge in [-0.2, -0.15) is 0 Å². The van der Waals surface area contributed by atoms with E-state index in [1.807, 2.05) is 42.5 Å². The van der Waals surface area contributed by atoms with E-state index in [2.05, 4.69) is 0 Å². The summed E-state index contributed by atoms with van der Waals surface area (Å²) >= 11 is 0. The molecule has 2 N–H and O–H groups in total. The number of hydrogen-bond acceptors (Lipinski definition) is 7. The van der Waals surface area contributed by atoms with Crippen molar-refractivity contribution in [1.82, 2.24) is 0 Å². The topological polar surface area (TPSA) is 138 Å². The molecule has 9 nitrogen and oxygen atoms in total. The van der Waals surface area contributed by atoms with Crippen LogP contribution in [0.5, 0.6) is 11.5 Å². The van der Waals surface area contributed by atoms with E-state index in [1.165, 1.54) is 43.5 Å². The van der Waals surface area contributed by atoms with E-state index in [1.54, 1.807) is 36.4 Å². The van der Waals surface area contributed by atoms with Crippen LogP contribution in [-0.4, -0.2) is 46.7 Å². The maximum atomic E-state index is 15.1. The van der Waals surface area contributed by atoms with Crippen molar-refractivity contribution in [2.45, 2.75) is 24.2 Å². The standard InChI is InChI=1S/C42H33NO8/c1-51-27-15-16-29(34(44)20-27)37-28-17-18-30-36(40(48)43(39(30)47)26-14-8-11-24(19-26)41(49)50)32(28)21-33-38(46)31(23-9-4-2-5-10-23)22-35(45)42(33,37)25-12-6-3-7-13-25/h2-17,19-20,22,30,32-33,36-37,44H,18,21H2,1H3,(H,49,50)/t30-,32+,33-,36-,37+,42-/m0/s1. The van der Waals surface area contributed by atoms with Crippen molar-refractivity contribution in [3.05, 3.63) is 143 Å². The molecule has 1 saturated carbocycles. The molecule has 4 aliphatic rings. The number of phenols is 1. The molecule has 1 heterocycles. The summed E-state index contributed by atoms with van der Waals surface area (Å²) in [5, 5.41) is 21.3. The molecule has 9 heteroatoms. The number of ether oxygens (including phenoxy) is 1. The van der Waals surface area contributed by atoms with Gasteiger partial charge >= 0.3 is 5.97 Å². The lowest BCUT2D eigenvalue weighted by molar-refractivity contribution is -0.135. The van der Waals surface area contributed by atoms with Crippen LogP contribution in [0.2, 0.25) is 0 Å².